The van der Waals surface area contributed by atoms with Crippen molar-refractivity contribution in [3.63, 3.8) is 0 Å². The van der Waals surface area contributed by atoms with Gasteiger partial charge in [-0.2, -0.15) is 0 Å². The second-order valence-electron chi connectivity index (χ2n) is 5.93. The predicted molar refractivity (Wildman–Crippen MR) is 101 cm³/mol. The van der Waals surface area contributed by atoms with Crippen molar-refractivity contribution in [2.45, 2.75) is 0 Å². The summed E-state index contributed by atoms with van der Waals surface area (Å²) in [6, 6.07) is 18.5. The zero-order valence-electron chi connectivity index (χ0n) is 13.8. The van der Waals surface area contributed by atoms with Crippen molar-refractivity contribution in [2.75, 3.05) is 0 Å². The molecule has 0 N–H and O–H groups in total. The smallest absolute Gasteiger partial charge is 0.255 e. The van der Waals surface area contributed by atoms with Gasteiger partial charge in [-0.1, -0.05) is 24.8 Å². The summed E-state index contributed by atoms with van der Waals surface area (Å²) in [4.78, 5) is 24.4. The maximum atomic E-state index is 12.6. The number of carbonyl (C=O) groups is 1. The van der Waals surface area contributed by atoms with Gasteiger partial charge in [0.05, 0.1) is 16.6 Å². The third-order valence-corrected chi connectivity index (χ3v) is 4.55. The van der Waals surface area contributed by atoms with E-state index in [1.807, 2.05) is 37.4 Å². The van der Waals surface area contributed by atoms with E-state index in [4.69, 9.17) is 0 Å². The van der Waals surface area contributed by atoms with Crippen LogP contribution < -0.4 is 5.56 Å². The fourth-order valence-corrected chi connectivity index (χ4v) is 3.30. The maximum absolute atomic E-state index is 12.6. The zero-order chi connectivity index (χ0) is 17.6. The number of pyridine rings is 1. The molecule has 0 amide bonds. The van der Waals surface area contributed by atoms with E-state index in [9.17, 15) is 9.59 Å². The lowest BCUT2D eigenvalue weighted by Gasteiger charge is -2.09. The topological polar surface area (TPSA) is 44.0 Å². The number of aryl methyl sites for hydroxylation is 1. The zero-order valence-corrected chi connectivity index (χ0v) is 13.8. The van der Waals surface area contributed by atoms with Crippen molar-refractivity contribution in [1.82, 2.24) is 9.13 Å². The highest BCUT2D eigenvalue weighted by Crippen LogP contribution is 2.28. The van der Waals surface area contributed by atoms with Crippen molar-refractivity contribution in [3.8, 4) is 5.69 Å². The second-order valence-corrected chi connectivity index (χ2v) is 5.93. The van der Waals surface area contributed by atoms with Crippen LogP contribution in [0.5, 0.6) is 0 Å². The number of aromatic nitrogens is 2. The predicted octanol–water partition coefficient (Wildman–Crippen LogP) is 3.85. The molecule has 0 fully saturated rings. The molecule has 25 heavy (non-hydrogen) atoms. The Morgan fingerprint density at radius 2 is 1.68 bits per heavy atom. The van der Waals surface area contributed by atoms with Crippen molar-refractivity contribution in [1.29, 1.82) is 0 Å². The molecule has 0 saturated heterocycles. The third kappa shape index (κ3) is 2.22. The minimum absolute atomic E-state index is 0.105. The van der Waals surface area contributed by atoms with Gasteiger partial charge < -0.3 is 4.57 Å². The molecular formula is C21H16N2O2. The number of para-hydroxylation sites is 1. The SMILES string of the molecule is C=CC(=O)c1ccc(-n2c(=O)ccc3c2c2ccccc2n3C)cc1. The van der Waals surface area contributed by atoms with Gasteiger partial charge in [0.1, 0.15) is 0 Å². The van der Waals surface area contributed by atoms with Gasteiger partial charge in [0.2, 0.25) is 0 Å². The molecule has 4 heteroatoms. The van der Waals surface area contributed by atoms with Crippen LogP contribution in [-0.4, -0.2) is 14.9 Å². The summed E-state index contributed by atoms with van der Waals surface area (Å²) in [7, 11) is 1.99. The number of allylic oxidation sites excluding steroid dienone is 1. The number of benzene rings is 2. The molecule has 4 rings (SSSR count). The first-order chi connectivity index (χ1) is 12.1. The monoisotopic (exact) mass is 328 g/mol. The van der Waals surface area contributed by atoms with Gasteiger partial charge >= 0.3 is 0 Å². The van der Waals surface area contributed by atoms with Crippen LogP contribution in [0.4, 0.5) is 0 Å². The molecule has 2 heterocycles. The van der Waals surface area contributed by atoms with Crippen molar-refractivity contribution in [3.05, 3.63) is 89.2 Å². The molecule has 4 nitrogen and oxygen atoms in total. The summed E-state index contributed by atoms with van der Waals surface area (Å²) < 4.78 is 3.77. The first kappa shape index (κ1) is 15.1. The lowest BCUT2D eigenvalue weighted by molar-refractivity contribution is 0.104. The highest BCUT2D eigenvalue weighted by Gasteiger charge is 2.14. The number of ketones is 1. The summed E-state index contributed by atoms with van der Waals surface area (Å²) in [5.41, 5.74) is 4.09. The Morgan fingerprint density at radius 3 is 2.40 bits per heavy atom. The molecule has 2 aromatic heterocycles. The molecule has 0 unspecified atom stereocenters. The number of fused-ring (bicyclic) bond motifs is 3. The van der Waals surface area contributed by atoms with Crippen LogP contribution in [0.15, 0.2) is 78.1 Å². The molecule has 0 aliphatic carbocycles. The first-order valence-corrected chi connectivity index (χ1v) is 7.98. The second kappa shape index (κ2) is 5.60. The number of hydrogen-bond acceptors (Lipinski definition) is 2. The Hall–Kier alpha value is -3.40. The Bertz CT molecular complexity index is 1190. The van der Waals surface area contributed by atoms with E-state index in [-0.39, 0.29) is 11.3 Å². The highest BCUT2D eigenvalue weighted by atomic mass is 16.1. The summed E-state index contributed by atoms with van der Waals surface area (Å²) in [5, 5.41) is 1.02. The number of nitrogens with zero attached hydrogens (tertiary/aromatic N) is 2. The van der Waals surface area contributed by atoms with Gasteiger partial charge in [0.15, 0.2) is 5.78 Å². The van der Waals surface area contributed by atoms with E-state index < -0.39 is 0 Å². The molecule has 122 valence electrons. The van der Waals surface area contributed by atoms with Gasteiger partial charge in [-0.05, 0) is 42.5 Å². The molecule has 0 bridgehead atoms. The Balaban J connectivity index is 2.06. The van der Waals surface area contributed by atoms with Gasteiger partial charge in [0.25, 0.3) is 5.56 Å². The van der Waals surface area contributed by atoms with Gasteiger partial charge in [-0.25, -0.2) is 0 Å². The lowest BCUT2D eigenvalue weighted by Crippen LogP contribution is -2.17. The van der Waals surface area contributed by atoms with E-state index in [0.29, 0.717) is 5.56 Å². The standard InChI is InChI=1S/C21H16N2O2/c1-3-19(24)14-8-10-15(11-9-14)23-20(25)13-12-18-21(23)16-6-4-5-7-17(16)22(18)2/h3-13H,1H2,2H3. The highest BCUT2D eigenvalue weighted by molar-refractivity contribution is 6.07. The molecule has 0 saturated carbocycles. The maximum Gasteiger partial charge on any atom is 0.255 e. The average Bonchev–Trinajstić information content (AvgIpc) is 2.94. The van der Waals surface area contributed by atoms with Crippen LogP contribution in [0.25, 0.3) is 27.6 Å². The molecule has 0 radical (unpaired) electrons. The molecule has 2 aromatic carbocycles. The lowest BCUT2D eigenvalue weighted by atomic mass is 10.1. The molecule has 0 atom stereocenters. The van der Waals surface area contributed by atoms with E-state index in [2.05, 4.69) is 11.1 Å². The van der Waals surface area contributed by atoms with Gasteiger partial charge in [0, 0.05) is 29.8 Å². The summed E-state index contributed by atoms with van der Waals surface area (Å²) in [6.45, 7) is 3.50. The van der Waals surface area contributed by atoms with Crippen LogP contribution >= 0.6 is 0 Å². The van der Waals surface area contributed by atoms with E-state index in [1.165, 1.54) is 6.08 Å². The van der Waals surface area contributed by atoms with Gasteiger partial charge in [-0.15, -0.1) is 0 Å². The Kier molecular flexibility index (Phi) is 3.39. The molecule has 4 aromatic rings. The largest absolute Gasteiger partial charge is 0.342 e. The van der Waals surface area contributed by atoms with Crippen LogP contribution in [0, 0.1) is 0 Å². The van der Waals surface area contributed by atoms with Crippen molar-refractivity contribution >= 4 is 27.7 Å². The first-order valence-electron chi connectivity index (χ1n) is 7.98. The summed E-state index contributed by atoms with van der Waals surface area (Å²) >= 11 is 0. The van der Waals surface area contributed by atoms with Crippen LogP contribution in [0.1, 0.15) is 10.4 Å². The minimum atomic E-state index is -0.137. The van der Waals surface area contributed by atoms with Crippen LogP contribution in [0.2, 0.25) is 0 Å². The minimum Gasteiger partial charge on any atom is -0.342 e. The molecule has 0 spiro atoms. The number of rotatable bonds is 3. The quantitative estimate of drug-likeness (QED) is 0.423. The number of hydrogen-bond donors (Lipinski definition) is 0. The normalized spacial score (nSPS) is 11.1. The summed E-state index contributed by atoms with van der Waals surface area (Å²) in [6.07, 6.45) is 1.28. The molecular weight excluding hydrogens is 312 g/mol. The van der Waals surface area contributed by atoms with E-state index in [1.54, 1.807) is 34.9 Å². The fourth-order valence-electron chi connectivity index (χ4n) is 3.30. The van der Waals surface area contributed by atoms with Gasteiger partial charge in [-0.3, -0.25) is 14.2 Å². The average molecular weight is 328 g/mol. The molecule has 0 aliphatic rings. The van der Waals surface area contributed by atoms with Crippen molar-refractivity contribution < 1.29 is 4.79 Å². The van der Waals surface area contributed by atoms with E-state index >= 15 is 0 Å². The summed E-state index contributed by atoms with van der Waals surface area (Å²) in [5.74, 6) is -0.137. The van der Waals surface area contributed by atoms with Crippen LogP contribution in [-0.2, 0) is 7.05 Å². The fraction of sp³-hybridized carbons (Fsp3) is 0.0476. The Labute approximate surface area is 144 Å². The van der Waals surface area contributed by atoms with Crippen molar-refractivity contribution in [2.24, 2.45) is 7.05 Å². The third-order valence-electron chi connectivity index (χ3n) is 4.55. The van der Waals surface area contributed by atoms with Crippen LogP contribution in [0.3, 0.4) is 0 Å². The Morgan fingerprint density at radius 1 is 0.960 bits per heavy atom. The number of carbonyl (C=O) groups excluding carboxylic acids is 1. The van der Waals surface area contributed by atoms with E-state index in [0.717, 1.165) is 27.6 Å². The molecule has 0 aliphatic heterocycles.